The first kappa shape index (κ1) is 12.5. The molecular weight excluding hydrogens is 254 g/mol. The summed E-state index contributed by atoms with van der Waals surface area (Å²) in [5.74, 6) is 0. The Balaban J connectivity index is 1.67. The lowest BCUT2D eigenvalue weighted by Crippen LogP contribution is -2.34. The van der Waals surface area contributed by atoms with Crippen molar-refractivity contribution in [1.82, 2.24) is 14.7 Å². The number of benzene rings is 1. The molecule has 3 rings (SSSR count). The second-order valence-corrected chi connectivity index (χ2v) is 4.75. The molecule has 0 saturated carbocycles. The molecular formula is C14H17N5O. The van der Waals surface area contributed by atoms with Crippen LogP contribution in [-0.2, 0) is 6.54 Å². The molecule has 1 aliphatic heterocycles. The molecule has 0 aliphatic carbocycles. The summed E-state index contributed by atoms with van der Waals surface area (Å²) in [6, 6.07) is 9.34. The van der Waals surface area contributed by atoms with Gasteiger partial charge in [0.2, 0.25) is 0 Å². The van der Waals surface area contributed by atoms with Crippen molar-refractivity contribution in [2.24, 2.45) is 0 Å². The first-order valence-electron chi connectivity index (χ1n) is 6.64. The monoisotopic (exact) mass is 271 g/mol. The minimum absolute atomic E-state index is 0.00931. The summed E-state index contributed by atoms with van der Waals surface area (Å²) in [5, 5.41) is 4.14. The highest BCUT2D eigenvalue weighted by molar-refractivity contribution is 5.97. The van der Waals surface area contributed by atoms with Gasteiger partial charge < -0.3 is 10.6 Å². The van der Waals surface area contributed by atoms with E-state index in [0.29, 0.717) is 31.9 Å². The van der Waals surface area contributed by atoms with Gasteiger partial charge in [-0.3, -0.25) is 9.58 Å². The summed E-state index contributed by atoms with van der Waals surface area (Å²) in [6.45, 7) is 2.75. The average Bonchev–Trinajstić information content (AvgIpc) is 3.07. The van der Waals surface area contributed by atoms with Crippen molar-refractivity contribution in [1.29, 1.82) is 0 Å². The van der Waals surface area contributed by atoms with Crippen molar-refractivity contribution in [2.75, 3.05) is 30.3 Å². The highest BCUT2D eigenvalue weighted by Gasteiger charge is 2.30. The van der Waals surface area contributed by atoms with Gasteiger partial charge in [-0.1, -0.05) is 12.1 Å². The van der Waals surface area contributed by atoms with Crippen LogP contribution >= 0.6 is 0 Å². The van der Waals surface area contributed by atoms with E-state index < -0.39 is 0 Å². The number of hydrogen-bond donors (Lipinski definition) is 1. The summed E-state index contributed by atoms with van der Waals surface area (Å²) < 4.78 is 1.83. The summed E-state index contributed by atoms with van der Waals surface area (Å²) in [5.41, 5.74) is 7.36. The fourth-order valence-electron chi connectivity index (χ4n) is 2.40. The third kappa shape index (κ3) is 2.32. The van der Waals surface area contributed by atoms with E-state index in [1.807, 2.05) is 46.1 Å². The lowest BCUT2D eigenvalue weighted by molar-refractivity contribution is 0.218. The molecule has 0 unspecified atom stereocenters. The van der Waals surface area contributed by atoms with Crippen LogP contribution < -0.4 is 10.6 Å². The van der Waals surface area contributed by atoms with E-state index in [2.05, 4.69) is 5.10 Å². The molecule has 20 heavy (non-hydrogen) atoms. The number of hydrogen-bond acceptors (Lipinski definition) is 3. The van der Waals surface area contributed by atoms with Crippen molar-refractivity contribution in [3.05, 3.63) is 42.7 Å². The van der Waals surface area contributed by atoms with Crippen molar-refractivity contribution < 1.29 is 4.79 Å². The smallest absolute Gasteiger partial charge is 0.324 e. The molecule has 6 heteroatoms. The van der Waals surface area contributed by atoms with Crippen LogP contribution in [0.25, 0.3) is 0 Å². The second kappa shape index (κ2) is 5.24. The van der Waals surface area contributed by atoms with Gasteiger partial charge in [0.1, 0.15) is 0 Å². The predicted octanol–water partition coefficient (Wildman–Crippen LogP) is 1.41. The van der Waals surface area contributed by atoms with Gasteiger partial charge in [0.05, 0.1) is 17.9 Å². The molecule has 0 radical (unpaired) electrons. The normalized spacial score (nSPS) is 15.1. The van der Waals surface area contributed by atoms with Crippen molar-refractivity contribution in [3.8, 4) is 0 Å². The first-order chi connectivity index (χ1) is 9.75. The minimum atomic E-state index is 0.00931. The Hall–Kier alpha value is -2.50. The maximum atomic E-state index is 12.4. The van der Waals surface area contributed by atoms with Crippen LogP contribution in [0.15, 0.2) is 42.7 Å². The summed E-state index contributed by atoms with van der Waals surface area (Å²) in [7, 11) is 0. The number of anilines is 2. The molecule has 1 saturated heterocycles. The number of nitrogens with zero attached hydrogens (tertiary/aromatic N) is 4. The number of carbonyl (C=O) groups excluding carboxylic acids is 1. The van der Waals surface area contributed by atoms with Crippen LogP contribution in [0.5, 0.6) is 0 Å². The molecule has 0 atom stereocenters. The van der Waals surface area contributed by atoms with E-state index in [-0.39, 0.29) is 6.03 Å². The third-order valence-electron chi connectivity index (χ3n) is 3.48. The molecule has 2 aromatic rings. The lowest BCUT2D eigenvalue weighted by Gasteiger charge is -2.19. The molecule has 2 heterocycles. The zero-order valence-corrected chi connectivity index (χ0v) is 11.1. The standard InChI is InChI=1S/C14H17N5O/c15-12-4-1-2-5-13(12)19-11-9-17(14(19)20)8-10-18-7-3-6-16-18/h1-7H,8-11,15H2. The fraction of sp³-hybridized carbons (Fsp3) is 0.286. The molecule has 1 aliphatic rings. The Morgan fingerprint density at radius 3 is 2.75 bits per heavy atom. The first-order valence-corrected chi connectivity index (χ1v) is 6.64. The predicted molar refractivity (Wildman–Crippen MR) is 77.4 cm³/mol. The molecule has 2 N–H and O–H groups in total. The maximum Gasteiger partial charge on any atom is 0.324 e. The zero-order valence-electron chi connectivity index (χ0n) is 11.1. The Morgan fingerprint density at radius 1 is 1.15 bits per heavy atom. The van der Waals surface area contributed by atoms with Gasteiger partial charge in [0.15, 0.2) is 0 Å². The molecule has 0 spiro atoms. The molecule has 1 aromatic heterocycles. The van der Waals surface area contributed by atoms with Gasteiger partial charge in [-0.2, -0.15) is 5.10 Å². The number of para-hydroxylation sites is 2. The van der Waals surface area contributed by atoms with E-state index in [1.165, 1.54) is 0 Å². The van der Waals surface area contributed by atoms with Crippen LogP contribution in [-0.4, -0.2) is 40.3 Å². The van der Waals surface area contributed by atoms with E-state index in [4.69, 9.17) is 5.73 Å². The second-order valence-electron chi connectivity index (χ2n) is 4.75. The summed E-state index contributed by atoms with van der Waals surface area (Å²) >= 11 is 0. The maximum absolute atomic E-state index is 12.4. The molecule has 0 bridgehead atoms. The molecule has 1 fully saturated rings. The van der Waals surface area contributed by atoms with E-state index >= 15 is 0 Å². The Labute approximate surface area is 117 Å². The third-order valence-corrected chi connectivity index (χ3v) is 3.48. The van der Waals surface area contributed by atoms with Crippen molar-refractivity contribution in [3.63, 3.8) is 0 Å². The highest BCUT2D eigenvalue weighted by Crippen LogP contribution is 2.26. The Kier molecular flexibility index (Phi) is 3.28. The zero-order chi connectivity index (χ0) is 13.9. The van der Waals surface area contributed by atoms with Crippen LogP contribution in [0.3, 0.4) is 0 Å². The number of aromatic nitrogens is 2. The van der Waals surface area contributed by atoms with Gasteiger partial charge in [-0.15, -0.1) is 0 Å². The average molecular weight is 271 g/mol. The Bertz CT molecular complexity index is 595. The number of carbonyl (C=O) groups is 1. The van der Waals surface area contributed by atoms with Crippen molar-refractivity contribution in [2.45, 2.75) is 6.54 Å². The largest absolute Gasteiger partial charge is 0.397 e. The van der Waals surface area contributed by atoms with Crippen LogP contribution in [0.1, 0.15) is 0 Å². The number of urea groups is 1. The number of amides is 2. The van der Waals surface area contributed by atoms with E-state index in [0.717, 1.165) is 5.69 Å². The minimum Gasteiger partial charge on any atom is -0.397 e. The van der Waals surface area contributed by atoms with Crippen LogP contribution in [0.4, 0.5) is 16.2 Å². The SMILES string of the molecule is Nc1ccccc1N1CCN(CCn2cccn2)C1=O. The highest BCUT2D eigenvalue weighted by atomic mass is 16.2. The van der Waals surface area contributed by atoms with Gasteiger partial charge in [-0.25, -0.2) is 4.79 Å². The number of nitrogen functional groups attached to an aromatic ring is 1. The molecule has 2 amide bonds. The van der Waals surface area contributed by atoms with Crippen LogP contribution in [0, 0.1) is 0 Å². The fourth-order valence-corrected chi connectivity index (χ4v) is 2.40. The van der Waals surface area contributed by atoms with Gasteiger partial charge >= 0.3 is 6.03 Å². The number of nitrogens with two attached hydrogens (primary N) is 1. The van der Waals surface area contributed by atoms with Crippen molar-refractivity contribution >= 4 is 17.4 Å². The molecule has 1 aromatic carbocycles. The van der Waals surface area contributed by atoms with E-state index in [9.17, 15) is 4.79 Å². The molecule has 104 valence electrons. The number of rotatable bonds is 4. The van der Waals surface area contributed by atoms with Gasteiger partial charge in [-0.05, 0) is 18.2 Å². The lowest BCUT2D eigenvalue weighted by atomic mass is 10.2. The van der Waals surface area contributed by atoms with Crippen LogP contribution in [0.2, 0.25) is 0 Å². The Morgan fingerprint density at radius 2 is 2.00 bits per heavy atom. The summed E-state index contributed by atoms with van der Waals surface area (Å²) in [4.78, 5) is 15.9. The topological polar surface area (TPSA) is 67.4 Å². The quantitative estimate of drug-likeness (QED) is 0.855. The van der Waals surface area contributed by atoms with Gasteiger partial charge in [0.25, 0.3) is 0 Å². The van der Waals surface area contributed by atoms with Gasteiger partial charge in [0, 0.05) is 32.0 Å². The molecule has 6 nitrogen and oxygen atoms in total. The summed E-state index contributed by atoms with van der Waals surface area (Å²) in [6.07, 6.45) is 3.64. The van der Waals surface area contributed by atoms with E-state index in [1.54, 1.807) is 11.1 Å².